The molecule has 1 atom stereocenters. The summed E-state index contributed by atoms with van der Waals surface area (Å²) in [5.74, 6) is 3.87. The molecule has 0 fully saturated rings. The Balaban J connectivity index is 2.31. The van der Waals surface area contributed by atoms with Gasteiger partial charge >= 0.3 is 5.97 Å². The van der Waals surface area contributed by atoms with Gasteiger partial charge in [-0.15, -0.1) is 0 Å². The molecule has 1 aromatic rings. The highest BCUT2D eigenvalue weighted by Crippen LogP contribution is 2.28. The Morgan fingerprint density at radius 1 is 1.60 bits per heavy atom. The maximum absolute atomic E-state index is 10.4. The molecule has 15 heavy (non-hydrogen) atoms. The van der Waals surface area contributed by atoms with Gasteiger partial charge in [0.2, 0.25) is 0 Å². The second-order valence-corrected chi connectivity index (χ2v) is 3.57. The predicted octanol–water partition coefficient (Wildman–Crippen LogP) is 1.59. The third-order valence-electron chi connectivity index (χ3n) is 2.55. The first kappa shape index (κ1) is 9.72. The lowest BCUT2D eigenvalue weighted by Crippen LogP contribution is -2.10. The van der Waals surface area contributed by atoms with Crippen molar-refractivity contribution in [3.63, 3.8) is 0 Å². The SMILES string of the molecule is O=C(O)C#CC1CCCc2cccnc21. The van der Waals surface area contributed by atoms with Crippen LogP contribution < -0.4 is 0 Å². The van der Waals surface area contributed by atoms with Crippen molar-refractivity contribution in [2.24, 2.45) is 0 Å². The van der Waals surface area contributed by atoms with E-state index in [4.69, 9.17) is 5.11 Å². The fourth-order valence-corrected chi connectivity index (χ4v) is 1.90. The van der Waals surface area contributed by atoms with Crippen molar-refractivity contribution in [3.8, 4) is 11.8 Å². The topological polar surface area (TPSA) is 50.2 Å². The molecule has 1 aliphatic rings. The smallest absolute Gasteiger partial charge is 0.381 e. The second-order valence-electron chi connectivity index (χ2n) is 3.57. The van der Waals surface area contributed by atoms with Crippen LogP contribution in [0.5, 0.6) is 0 Å². The summed E-state index contributed by atoms with van der Waals surface area (Å²) in [7, 11) is 0. The number of fused-ring (bicyclic) bond motifs is 1. The normalized spacial score (nSPS) is 18.5. The Hall–Kier alpha value is -1.82. The molecule has 1 N–H and O–H groups in total. The van der Waals surface area contributed by atoms with Gasteiger partial charge in [-0.05, 0) is 30.9 Å². The fourth-order valence-electron chi connectivity index (χ4n) is 1.90. The van der Waals surface area contributed by atoms with E-state index in [-0.39, 0.29) is 5.92 Å². The molecule has 0 bridgehead atoms. The minimum Gasteiger partial charge on any atom is -0.472 e. The molecule has 3 nitrogen and oxygen atoms in total. The van der Waals surface area contributed by atoms with Crippen LogP contribution in [0.25, 0.3) is 0 Å². The Labute approximate surface area is 88.2 Å². The van der Waals surface area contributed by atoms with E-state index < -0.39 is 5.97 Å². The number of carboxylic acid groups (broad SMARTS) is 1. The standard InChI is InChI=1S/C12H11NO2/c14-11(15)7-6-10-4-1-3-9-5-2-8-13-12(9)10/h2,5,8,10H,1,3-4H2,(H,14,15). The first-order valence-electron chi connectivity index (χ1n) is 4.95. The lowest BCUT2D eigenvalue weighted by atomic mass is 9.87. The number of aryl methyl sites for hydroxylation is 1. The summed E-state index contributed by atoms with van der Waals surface area (Å²) in [5.41, 5.74) is 2.16. The van der Waals surface area contributed by atoms with E-state index >= 15 is 0 Å². The minimum absolute atomic E-state index is 0.00829. The molecule has 1 heterocycles. The number of carbonyl (C=O) groups is 1. The number of pyridine rings is 1. The lowest BCUT2D eigenvalue weighted by molar-refractivity contribution is -0.130. The molecule has 0 amide bonds. The molecule has 0 spiro atoms. The Kier molecular flexibility index (Phi) is 2.68. The Morgan fingerprint density at radius 2 is 2.47 bits per heavy atom. The highest BCUT2D eigenvalue weighted by molar-refractivity contribution is 5.86. The highest BCUT2D eigenvalue weighted by Gasteiger charge is 2.19. The minimum atomic E-state index is -1.07. The van der Waals surface area contributed by atoms with Gasteiger partial charge in [-0.2, -0.15) is 0 Å². The lowest BCUT2D eigenvalue weighted by Gasteiger charge is -2.19. The zero-order chi connectivity index (χ0) is 10.7. The van der Waals surface area contributed by atoms with Gasteiger partial charge < -0.3 is 5.11 Å². The quantitative estimate of drug-likeness (QED) is 0.648. The van der Waals surface area contributed by atoms with E-state index in [1.807, 2.05) is 12.1 Å². The number of aliphatic carboxylic acids is 1. The van der Waals surface area contributed by atoms with Crippen LogP contribution in [0.15, 0.2) is 18.3 Å². The molecule has 1 aromatic heterocycles. The molecule has 0 aromatic carbocycles. The number of aromatic nitrogens is 1. The summed E-state index contributed by atoms with van der Waals surface area (Å²) in [6.45, 7) is 0. The molecule has 0 radical (unpaired) electrons. The Bertz CT molecular complexity index is 442. The summed E-state index contributed by atoms with van der Waals surface area (Å²) < 4.78 is 0. The van der Waals surface area contributed by atoms with Gasteiger partial charge in [0.1, 0.15) is 0 Å². The molecule has 76 valence electrons. The van der Waals surface area contributed by atoms with Gasteiger partial charge in [0.15, 0.2) is 0 Å². The molecule has 2 rings (SSSR count). The van der Waals surface area contributed by atoms with Crippen LogP contribution in [-0.4, -0.2) is 16.1 Å². The zero-order valence-corrected chi connectivity index (χ0v) is 8.23. The van der Waals surface area contributed by atoms with Crippen LogP contribution in [-0.2, 0) is 11.2 Å². The van der Waals surface area contributed by atoms with Crippen LogP contribution in [0.1, 0.15) is 30.0 Å². The third kappa shape index (κ3) is 2.16. The van der Waals surface area contributed by atoms with Crippen LogP contribution in [0, 0.1) is 11.8 Å². The molecular weight excluding hydrogens is 190 g/mol. The number of rotatable bonds is 0. The third-order valence-corrected chi connectivity index (χ3v) is 2.55. The monoisotopic (exact) mass is 201 g/mol. The Morgan fingerprint density at radius 3 is 3.27 bits per heavy atom. The van der Waals surface area contributed by atoms with Gasteiger partial charge in [0.25, 0.3) is 0 Å². The molecular formula is C12H11NO2. The maximum atomic E-state index is 10.4. The van der Waals surface area contributed by atoms with Gasteiger partial charge in [-0.3, -0.25) is 4.98 Å². The van der Waals surface area contributed by atoms with Crippen molar-refractivity contribution in [3.05, 3.63) is 29.6 Å². The highest BCUT2D eigenvalue weighted by atomic mass is 16.4. The molecule has 0 aliphatic heterocycles. The number of carboxylic acids is 1. The summed E-state index contributed by atoms with van der Waals surface area (Å²) in [5, 5.41) is 8.50. The van der Waals surface area contributed by atoms with E-state index in [0.717, 1.165) is 25.0 Å². The van der Waals surface area contributed by atoms with Gasteiger partial charge in [0, 0.05) is 12.1 Å². The molecule has 1 unspecified atom stereocenters. The molecule has 0 saturated carbocycles. The first-order valence-corrected chi connectivity index (χ1v) is 4.95. The van der Waals surface area contributed by atoms with E-state index in [1.54, 1.807) is 6.20 Å². The van der Waals surface area contributed by atoms with E-state index in [2.05, 4.69) is 16.8 Å². The predicted molar refractivity (Wildman–Crippen MR) is 55.3 cm³/mol. The van der Waals surface area contributed by atoms with Crippen molar-refractivity contribution in [1.29, 1.82) is 0 Å². The van der Waals surface area contributed by atoms with E-state index in [0.29, 0.717) is 0 Å². The first-order chi connectivity index (χ1) is 7.27. The number of hydrogen-bond donors (Lipinski definition) is 1. The average Bonchev–Trinajstić information content (AvgIpc) is 2.26. The van der Waals surface area contributed by atoms with Gasteiger partial charge in [0.05, 0.1) is 11.6 Å². The average molecular weight is 201 g/mol. The van der Waals surface area contributed by atoms with Crippen LogP contribution >= 0.6 is 0 Å². The van der Waals surface area contributed by atoms with Gasteiger partial charge in [-0.1, -0.05) is 12.0 Å². The molecule has 0 saturated heterocycles. The summed E-state index contributed by atoms with van der Waals surface area (Å²) in [6, 6.07) is 3.95. The fraction of sp³-hybridized carbons (Fsp3) is 0.333. The molecule has 1 aliphatic carbocycles. The van der Waals surface area contributed by atoms with Crippen molar-refractivity contribution < 1.29 is 9.90 Å². The second kappa shape index (κ2) is 4.14. The van der Waals surface area contributed by atoms with Crippen molar-refractivity contribution in [2.75, 3.05) is 0 Å². The summed E-state index contributed by atoms with van der Waals surface area (Å²) in [6.07, 6.45) is 4.72. The zero-order valence-electron chi connectivity index (χ0n) is 8.23. The van der Waals surface area contributed by atoms with Crippen molar-refractivity contribution in [1.82, 2.24) is 4.98 Å². The largest absolute Gasteiger partial charge is 0.472 e. The van der Waals surface area contributed by atoms with Gasteiger partial charge in [-0.25, -0.2) is 4.79 Å². The summed E-state index contributed by atoms with van der Waals surface area (Å²) >= 11 is 0. The molecule has 3 heteroatoms. The number of hydrogen-bond acceptors (Lipinski definition) is 2. The van der Waals surface area contributed by atoms with E-state index in [9.17, 15) is 4.79 Å². The van der Waals surface area contributed by atoms with E-state index in [1.165, 1.54) is 5.56 Å². The van der Waals surface area contributed by atoms with Crippen molar-refractivity contribution >= 4 is 5.97 Å². The maximum Gasteiger partial charge on any atom is 0.381 e. The van der Waals surface area contributed by atoms with Crippen molar-refractivity contribution in [2.45, 2.75) is 25.2 Å². The number of nitrogens with zero attached hydrogens (tertiary/aromatic N) is 1. The van der Waals surface area contributed by atoms with Crippen LogP contribution in [0.4, 0.5) is 0 Å². The van der Waals surface area contributed by atoms with Crippen LogP contribution in [0.2, 0.25) is 0 Å². The summed E-state index contributed by atoms with van der Waals surface area (Å²) in [4.78, 5) is 14.6. The van der Waals surface area contributed by atoms with Crippen LogP contribution in [0.3, 0.4) is 0 Å².